The van der Waals surface area contributed by atoms with Gasteiger partial charge in [0.2, 0.25) is 5.91 Å². The first-order valence-electron chi connectivity index (χ1n) is 11.5. The van der Waals surface area contributed by atoms with Crippen LogP contribution in [0.2, 0.25) is 0 Å². The summed E-state index contributed by atoms with van der Waals surface area (Å²) in [4.78, 5) is 21.0. The molecule has 7 heteroatoms. The fourth-order valence-corrected chi connectivity index (χ4v) is 3.51. The zero-order valence-corrected chi connectivity index (χ0v) is 23.3. The van der Waals surface area contributed by atoms with E-state index in [1.54, 1.807) is 34.6 Å². The third-order valence-corrected chi connectivity index (χ3v) is 5.13. The molecule has 0 aromatic rings. The largest absolute Gasteiger partial charge is 3.00 e. The minimum absolute atomic E-state index is 0. The molecule has 2 N–H and O–H groups in total. The summed E-state index contributed by atoms with van der Waals surface area (Å²) in [5, 5.41) is 22.2. The quantitative estimate of drug-likeness (QED) is 0.596. The number of amides is 2. The van der Waals surface area contributed by atoms with Gasteiger partial charge in [0.1, 0.15) is 0 Å². The van der Waals surface area contributed by atoms with Crippen LogP contribution in [0.25, 0.3) is 5.73 Å². The topological polar surface area (TPSA) is 116 Å². The molecule has 0 aromatic heterocycles. The second-order valence-corrected chi connectivity index (χ2v) is 9.13. The molecule has 2 amide bonds. The summed E-state index contributed by atoms with van der Waals surface area (Å²) >= 11 is 0. The molecular weight excluding hydrogens is 428 g/mol. The van der Waals surface area contributed by atoms with Crippen LogP contribution < -0.4 is 15.5 Å². The normalized spacial score (nSPS) is 16.7. The number of rotatable bonds is 5. The van der Waals surface area contributed by atoms with Crippen LogP contribution in [0.15, 0.2) is 0 Å². The van der Waals surface area contributed by atoms with Crippen LogP contribution in [-0.4, -0.2) is 30.1 Å². The van der Waals surface area contributed by atoms with Gasteiger partial charge in [-0.05, 0) is 42.9 Å². The van der Waals surface area contributed by atoms with Crippen LogP contribution in [0.1, 0.15) is 108 Å². The predicted molar refractivity (Wildman–Crippen MR) is 123 cm³/mol. The minimum Gasteiger partial charge on any atom is -0.852 e. The summed E-state index contributed by atoms with van der Waals surface area (Å²) in [6.07, 6.45) is 5.00. The van der Waals surface area contributed by atoms with Gasteiger partial charge in [0, 0.05) is 18.4 Å². The summed E-state index contributed by atoms with van der Waals surface area (Å²) in [7, 11) is 0. The Balaban J connectivity index is -0.000000215. The SMILES string of the molecule is CC(C)[O-].CC(C)[O-].CCC(=O)NC1CCCC(C(C)C)(C(C)C)C1.CCC([NH-])=O.[Ti+3]. The molecule has 31 heavy (non-hydrogen) atoms. The molecule has 1 aliphatic rings. The Labute approximate surface area is 207 Å². The average molecular weight is 478 g/mol. The molecule has 0 saturated heterocycles. The summed E-state index contributed by atoms with van der Waals surface area (Å²) in [6, 6.07) is 0.404. The van der Waals surface area contributed by atoms with Crippen LogP contribution >= 0.6 is 0 Å². The first-order valence-corrected chi connectivity index (χ1v) is 11.5. The van der Waals surface area contributed by atoms with Crippen LogP contribution in [0.3, 0.4) is 0 Å². The van der Waals surface area contributed by atoms with Gasteiger partial charge in [0.25, 0.3) is 0 Å². The Morgan fingerprint density at radius 3 is 1.55 bits per heavy atom. The van der Waals surface area contributed by atoms with Crippen LogP contribution in [0.5, 0.6) is 0 Å². The molecule has 1 atom stereocenters. The van der Waals surface area contributed by atoms with Crippen molar-refractivity contribution in [2.45, 2.75) is 126 Å². The average Bonchev–Trinajstić information content (AvgIpc) is 2.60. The maximum absolute atomic E-state index is 11.5. The van der Waals surface area contributed by atoms with Crippen molar-refractivity contribution in [2.24, 2.45) is 17.3 Å². The molecule has 1 unspecified atom stereocenters. The predicted octanol–water partition coefficient (Wildman–Crippen LogP) is 4.24. The second-order valence-electron chi connectivity index (χ2n) is 9.13. The molecule has 0 aromatic carbocycles. The van der Waals surface area contributed by atoms with Gasteiger partial charge < -0.3 is 26.1 Å². The van der Waals surface area contributed by atoms with Gasteiger partial charge in [-0.3, -0.25) is 4.79 Å². The van der Waals surface area contributed by atoms with Gasteiger partial charge >= 0.3 is 21.7 Å². The van der Waals surface area contributed by atoms with Gasteiger partial charge in [-0.1, -0.05) is 75.7 Å². The Morgan fingerprint density at radius 1 is 0.935 bits per heavy atom. The van der Waals surface area contributed by atoms with Gasteiger partial charge in [-0.25, -0.2) is 0 Å². The molecule has 1 aliphatic carbocycles. The molecule has 183 valence electrons. The number of carbonyl (C=O) groups is 2. The van der Waals surface area contributed by atoms with Crippen LogP contribution in [0.4, 0.5) is 0 Å². The van der Waals surface area contributed by atoms with Crippen molar-refractivity contribution in [3.63, 3.8) is 0 Å². The van der Waals surface area contributed by atoms with Gasteiger partial charge in [0.05, 0.1) is 0 Å². The molecule has 1 radical (unpaired) electrons. The first-order chi connectivity index (χ1) is 13.7. The molecule has 1 rings (SSSR count). The number of nitrogens with one attached hydrogen (secondary N) is 2. The molecule has 0 heterocycles. The van der Waals surface area contributed by atoms with Crippen molar-refractivity contribution < 1.29 is 41.5 Å². The van der Waals surface area contributed by atoms with Crippen molar-refractivity contribution in [3.8, 4) is 0 Å². The molecule has 0 bridgehead atoms. The zero-order valence-electron chi connectivity index (χ0n) is 21.8. The number of carbonyl (C=O) groups excluding carboxylic acids is 2. The maximum Gasteiger partial charge on any atom is 3.00 e. The second kappa shape index (κ2) is 21.4. The molecule has 6 nitrogen and oxygen atoms in total. The van der Waals surface area contributed by atoms with Crippen LogP contribution in [0, 0.1) is 17.3 Å². The third-order valence-electron chi connectivity index (χ3n) is 5.13. The Morgan fingerprint density at radius 2 is 1.29 bits per heavy atom. The van der Waals surface area contributed by atoms with Gasteiger partial charge in [-0.2, -0.15) is 0 Å². The minimum atomic E-state index is -0.495. The van der Waals surface area contributed by atoms with Crippen molar-refractivity contribution in [1.29, 1.82) is 0 Å². The summed E-state index contributed by atoms with van der Waals surface area (Å²) in [5.74, 6) is 1.11. The summed E-state index contributed by atoms with van der Waals surface area (Å²) in [5.41, 5.74) is 6.61. The van der Waals surface area contributed by atoms with Crippen molar-refractivity contribution >= 4 is 11.8 Å². The van der Waals surface area contributed by atoms with Gasteiger partial charge in [-0.15, -0.1) is 12.2 Å². The monoisotopic (exact) mass is 477 g/mol. The Hall–Kier alpha value is -0.426. The number of hydrogen-bond acceptors (Lipinski definition) is 4. The standard InChI is InChI=1S/C15H29NO.C3H7NO.2C3H7O.Ti/c1-6-14(17)16-13-8-7-9-15(10-13,11(2)3)12(4)5;1-2-3(4)5;2*1-3(2)4;/h11-13H,6-10H2,1-5H3,(H,16,17);2H2,1H3,(H2,4,5);2*3H,1-2H3;/q;;2*-1;+3/p-1. The smallest absolute Gasteiger partial charge is 0.852 e. The van der Waals surface area contributed by atoms with Crippen molar-refractivity contribution in [3.05, 3.63) is 5.73 Å². The fraction of sp³-hybridized carbons (Fsp3) is 0.917. The van der Waals surface area contributed by atoms with E-state index in [0.29, 0.717) is 36.1 Å². The first kappa shape index (κ1) is 37.9. The van der Waals surface area contributed by atoms with E-state index in [2.05, 4.69) is 33.0 Å². The Kier molecular flexibility index (Phi) is 26.2. The van der Waals surface area contributed by atoms with E-state index in [0.717, 1.165) is 12.8 Å². The van der Waals surface area contributed by atoms with E-state index in [1.807, 2.05) is 6.92 Å². The van der Waals surface area contributed by atoms with Crippen molar-refractivity contribution in [2.75, 3.05) is 0 Å². The summed E-state index contributed by atoms with van der Waals surface area (Å²) < 4.78 is 0. The fourth-order valence-electron chi connectivity index (χ4n) is 3.51. The van der Waals surface area contributed by atoms with E-state index >= 15 is 0 Å². The van der Waals surface area contributed by atoms with E-state index in [4.69, 9.17) is 5.73 Å². The molecule has 1 saturated carbocycles. The third kappa shape index (κ3) is 22.6. The van der Waals surface area contributed by atoms with E-state index < -0.39 is 18.1 Å². The van der Waals surface area contributed by atoms with Crippen LogP contribution in [-0.2, 0) is 31.3 Å². The molecule has 0 spiro atoms. The molecule has 0 aliphatic heterocycles. The van der Waals surface area contributed by atoms with E-state index in [-0.39, 0.29) is 27.6 Å². The van der Waals surface area contributed by atoms with Crippen molar-refractivity contribution in [1.82, 2.24) is 5.32 Å². The maximum atomic E-state index is 11.5. The van der Waals surface area contributed by atoms with E-state index in [9.17, 15) is 19.8 Å². The molecule has 1 fully saturated rings. The molecular formula is C24H49N2O4Ti. The summed E-state index contributed by atoms with van der Waals surface area (Å²) in [6.45, 7) is 19.4. The van der Waals surface area contributed by atoms with E-state index in [1.165, 1.54) is 12.8 Å². The Bertz CT molecular complexity index is 422. The zero-order chi connectivity index (χ0) is 24.5. The number of hydrogen-bond donors (Lipinski definition) is 1. The van der Waals surface area contributed by atoms with Gasteiger partial charge in [0.15, 0.2) is 0 Å².